The Hall–Kier alpha value is -1.58. The third-order valence-electron chi connectivity index (χ3n) is 1.96. The molecule has 0 saturated carbocycles. The van der Waals surface area contributed by atoms with E-state index in [-0.39, 0.29) is 0 Å². The van der Waals surface area contributed by atoms with Crippen LogP contribution < -0.4 is 19.9 Å². The van der Waals surface area contributed by atoms with Crippen molar-refractivity contribution in [3.8, 4) is 17.2 Å². The van der Waals surface area contributed by atoms with Gasteiger partial charge in [0.1, 0.15) is 5.75 Å². The Morgan fingerprint density at radius 1 is 0.938 bits per heavy atom. The van der Waals surface area contributed by atoms with E-state index in [4.69, 9.17) is 19.9 Å². The number of anilines is 1. The summed E-state index contributed by atoms with van der Waals surface area (Å²) < 4.78 is 16.3. The number of hydrogen-bond acceptors (Lipinski definition) is 4. The maximum absolute atomic E-state index is 5.88. The van der Waals surface area contributed by atoms with Crippen LogP contribution in [0, 0.1) is 0 Å². The molecule has 1 aromatic rings. The number of ether oxygens (including phenoxy) is 3. The summed E-state index contributed by atoms with van der Waals surface area (Å²) in [6, 6.07) is 3.55. The lowest BCUT2D eigenvalue weighted by Gasteiger charge is -2.14. The summed E-state index contributed by atoms with van der Waals surface area (Å²) in [5.41, 5.74) is 6.42. The minimum atomic E-state index is 0.538. The van der Waals surface area contributed by atoms with E-state index >= 15 is 0 Å². The molecule has 0 amide bonds. The molecule has 90 valence electrons. The number of benzene rings is 1. The van der Waals surface area contributed by atoms with Gasteiger partial charge in [-0.3, -0.25) is 0 Å². The van der Waals surface area contributed by atoms with Gasteiger partial charge in [0.2, 0.25) is 0 Å². The highest BCUT2D eigenvalue weighted by Gasteiger charge is 2.11. The van der Waals surface area contributed by atoms with Gasteiger partial charge in [0, 0.05) is 12.1 Å². The third kappa shape index (κ3) is 2.95. The third-order valence-corrected chi connectivity index (χ3v) is 1.96. The number of hydrogen-bond donors (Lipinski definition) is 1. The van der Waals surface area contributed by atoms with Crippen molar-refractivity contribution in [1.82, 2.24) is 0 Å². The van der Waals surface area contributed by atoms with Crippen LogP contribution in [0.2, 0.25) is 0 Å². The van der Waals surface area contributed by atoms with Crippen LogP contribution in [0.15, 0.2) is 12.1 Å². The molecule has 0 spiro atoms. The summed E-state index contributed by atoms with van der Waals surface area (Å²) in [6.07, 6.45) is 0. The van der Waals surface area contributed by atoms with Gasteiger partial charge < -0.3 is 19.9 Å². The molecule has 0 atom stereocenters. The Morgan fingerprint density at radius 3 is 2.12 bits per heavy atom. The molecular weight excluding hydrogens is 206 g/mol. The molecule has 0 radical (unpaired) electrons. The van der Waals surface area contributed by atoms with E-state index in [0.29, 0.717) is 42.8 Å². The Labute approximate surface area is 96.3 Å². The summed E-state index contributed by atoms with van der Waals surface area (Å²) in [5, 5.41) is 0. The second kappa shape index (κ2) is 6.10. The molecule has 2 N–H and O–H groups in total. The van der Waals surface area contributed by atoms with Crippen LogP contribution in [0.25, 0.3) is 0 Å². The monoisotopic (exact) mass is 225 g/mol. The lowest BCUT2D eigenvalue weighted by Crippen LogP contribution is -2.03. The van der Waals surface area contributed by atoms with Gasteiger partial charge in [-0.15, -0.1) is 0 Å². The minimum Gasteiger partial charge on any atom is -0.494 e. The van der Waals surface area contributed by atoms with Crippen molar-refractivity contribution >= 4 is 5.69 Å². The molecule has 4 nitrogen and oxygen atoms in total. The van der Waals surface area contributed by atoms with Crippen LogP contribution in [0.5, 0.6) is 17.2 Å². The zero-order chi connectivity index (χ0) is 12.0. The maximum atomic E-state index is 5.88. The molecule has 0 unspecified atom stereocenters. The van der Waals surface area contributed by atoms with Crippen molar-refractivity contribution in [2.24, 2.45) is 0 Å². The zero-order valence-electron chi connectivity index (χ0n) is 10.1. The first-order valence-electron chi connectivity index (χ1n) is 5.54. The predicted molar refractivity (Wildman–Crippen MR) is 64.4 cm³/mol. The molecule has 1 aromatic carbocycles. The highest BCUT2D eigenvalue weighted by molar-refractivity contribution is 5.64. The fourth-order valence-corrected chi connectivity index (χ4v) is 1.41. The number of rotatable bonds is 6. The van der Waals surface area contributed by atoms with E-state index < -0.39 is 0 Å². The second-order valence-electron chi connectivity index (χ2n) is 3.14. The molecular formula is C12H19NO3. The quantitative estimate of drug-likeness (QED) is 0.756. The van der Waals surface area contributed by atoms with Gasteiger partial charge in [0.05, 0.1) is 25.5 Å². The predicted octanol–water partition coefficient (Wildman–Crippen LogP) is 2.46. The standard InChI is InChI=1S/C12H19NO3/c1-4-14-9-7-10(13)12(16-6-3)11(8-9)15-5-2/h7-8H,4-6,13H2,1-3H3. The van der Waals surface area contributed by atoms with Gasteiger partial charge in [-0.25, -0.2) is 0 Å². The molecule has 16 heavy (non-hydrogen) atoms. The van der Waals surface area contributed by atoms with E-state index in [1.54, 1.807) is 12.1 Å². The number of nitrogen functional groups attached to an aromatic ring is 1. The Bertz CT molecular complexity index is 339. The topological polar surface area (TPSA) is 53.7 Å². The molecule has 0 aromatic heterocycles. The fourth-order valence-electron chi connectivity index (χ4n) is 1.41. The molecule has 0 aliphatic rings. The van der Waals surface area contributed by atoms with Crippen LogP contribution >= 0.6 is 0 Å². The van der Waals surface area contributed by atoms with E-state index in [1.165, 1.54) is 0 Å². The van der Waals surface area contributed by atoms with Gasteiger partial charge in [0.15, 0.2) is 11.5 Å². The first-order valence-corrected chi connectivity index (χ1v) is 5.54. The van der Waals surface area contributed by atoms with Gasteiger partial charge in [-0.1, -0.05) is 0 Å². The van der Waals surface area contributed by atoms with Gasteiger partial charge in [-0.05, 0) is 20.8 Å². The van der Waals surface area contributed by atoms with Crippen molar-refractivity contribution in [1.29, 1.82) is 0 Å². The van der Waals surface area contributed by atoms with Gasteiger partial charge in [0.25, 0.3) is 0 Å². The van der Waals surface area contributed by atoms with E-state index in [0.717, 1.165) is 0 Å². The first kappa shape index (κ1) is 12.5. The second-order valence-corrected chi connectivity index (χ2v) is 3.14. The highest BCUT2D eigenvalue weighted by Crippen LogP contribution is 2.37. The van der Waals surface area contributed by atoms with Crippen LogP contribution in [-0.4, -0.2) is 19.8 Å². The smallest absolute Gasteiger partial charge is 0.184 e. The lowest BCUT2D eigenvalue weighted by atomic mass is 10.2. The Morgan fingerprint density at radius 2 is 1.56 bits per heavy atom. The summed E-state index contributed by atoms with van der Waals surface area (Å²) >= 11 is 0. The largest absolute Gasteiger partial charge is 0.494 e. The summed E-state index contributed by atoms with van der Waals surface area (Å²) in [5.74, 6) is 1.92. The number of nitrogens with two attached hydrogens (primary N) is 1. The molecule has 0 bridgehead atoms. The summed E-state index contributed by atoms with van der Waals surface area (Å²) in [7, 11) is 0. The molecule has 0 aliphatic carbocycles. The summed E-state index contributed by atoms with van der Waals surface area (Å²) in [4.78, 5) is 0. The molecule has 4 heteroatoms. The average molecular weight is 225 g/mol. The highest BCUT2D eigenvalue weighted by atomic mass is 16.5. The van der Waals surface area contributed by atoms with E-state index in [9.17, 15) is 0 Å². The van der Waals surface area contributed by atoms with Crippen LogP contribution in [0.3, 0.4) is 0 Å². The fraction of sp³-hybridized carbons (Fsp3) is 0.500. The van der Waals surface area contributed by atoms with Gasteiger partial charge in [-0.2, -0.15) is 0 Å². The Balaban J connectivity index is 3.05. The lowest BCUT2D eigenvalue weighted by molar-refractivity contribution is 0.284. The minimum absolute atomic E-state index is 0.538. The summed E-state index contributed by atoms with van der Waals surface area (Å²) in [6.45, 7) is 7.46. The normalized spacial score (nSPS) is 9.94. The van der Waals surface area contributed by atoms with Crippen molar-refractivity contribution < 1.29 is 14.2 Å². The average Bonchev–Trinajstić information content (AvgIpc) is 2.24. The first-order chi connectivity index (χ1) is 7.72. The van der Waals surface area contributed by atoms with E-state index in [1.807, 2.05) is 20.8 Å². The van der Waals surface area contributed by atoms with Crippen molar-refractivity contribution in [2.45, 2.75) is 20.8 Å². The van der Waals surface area contributed by atoms with E-state index in [2.05, 4.69) is 0 Å². The molecule has 0 fully saturated rings. The van der Waals surface area contributed by atoms with Crippen molar-refractivity contribution in [3.05, 3.63) is 12.1 Å². The SMILES string of the molecule is CCOc1cc(N)c(OCC)c(OCC)c1. The molecule has 0 heterocycles. The molecule has 0 aliphatic heterocycles. The maximum Gasteiger partial charge on any atom is 0.184 e. The van der Waals surface area contributed by atoms with Crippen LogP contribution in [0.4, 0.5) is 5.69 Å². The molecule has 0 saturated heterocycles. The van der Waals surface area contributed by atoms with Crippen molar-refractivity contribution in [3.63, 3.8) is 0 Å². The zero-order valence-corrected chi connectivity index (χ0v) is 10.1. The van der Waals surface area contributed by atoms with Gasteiger partial charge >= 0.3 is 0 Å². The molecule has 1 rings (SSSR count). The van der Waals surface area contributed by atoms with Crippen molar-refractivity contribution in [2.75, 3.05) is 25.6 Å². The van der Waals surface area contributed by atoms with Crippen LogP contribution in [-0.2, 0) is 0 Å². The van der Waals surface area contributed by atoms with Crippen LogP contribution in [0.1, 0.15) is 20.8 Å². The Kier molecular flexibility index (Phi) is 4.76.